The maximum atomic E-state index is 11.8. The van der Waals surface area contributed by atoms with Crippen molar-refractivity contribution in [3.8, 4) is 0 Å². The van der Waals surface area contributed by atoms with Gasteiger partial charge in [0.1, 0.15) is 5.15 Å². The van der Waals surface area contributed by atoms with E-state index in [4.69, 9.17) is 21.1 Å². The lowest BCUT2D eigenvalue weighted by Gasteiger charge is -2.08. The van der Waals surface area contributed by atoms with Gasteiger partial charge in [-0.15, -0.1) is 0 Å². The topological polar surface area (TPSA) is 94.6 Å². The molecule has 2 rings (SSSR count). The lowest BCUT2D eigenvalue weighted by molar-refractivity contribution is -0.119. The molecule has 1 N–H and O–H groups in total. The third kappa shape index (κ3) is 5.29. The zero-order valence-electron chi connectivity index (χ0n) is 13.3. The molecule has 0 saturated heterocycles. The molecule has 0 radical (unpaired) electrons. The molecule has 7 nitrogen and oxygen atoms in total. The molecular weight excluding hydrogens is 348 g/mol. The van der Waals surface area contributed by atoms with Crippen molar-refractivity contribution in [3.05, 3.63) is 58.9 Å². The highest BCUT2D eigenvalue weighted by Crippen LogP contribution is 2.13. The van der Waals surface area contributed by atoms with Gasteiger partial charge in [0, 0.05) is 11.9 Å². The molecule has 130 valence electrons. The van der Waals surface area contributed by atoms with Crippen molar-refractivity contribution >= 4 is 35.1 Å². The Morgan fingerprint density at radius 1 is 1.08 bits per heavy atom. The van der Waals surface area contributed by atoms with E-state index >= 15 is 0 Å². The summed E-state index contributed by atoms with van der Waals surface area (Å²) in [5, 5.41) is 2.55. The number of esters is 2. The van der Waals surface area contributed by atoms with Gasteiger partial charge in [-0.05, 0) is 43.3 Å². The van der Waals surface area contributed by atoms with Crippen molar-refractivity contribution in [3.63, 3.8) is 0 Å². The first-order valence-electron chi connectivity index (χ1n) is 7.36. The van der Waals surface area contributed by atoms with Crippen LogP contribution >= 0.6 is 11.6 Å². The molecule has 0 spiro atoms. The van der Waals surface area contributed by atoms with Gasteiger partial charge in [-0.3, -0.25) is 4.79 Å². The molecule has 0 aliphatic heterocycles. The molecule has 25 heavy (non-hydrogen) atoms. The summed E-state index contributed by atoms with van der Waals surface area (Å²) in [6.45, 7) is 1.51. The van der Waals surface area contributed by atoms with Gasteiger partial charge in [-0.25, -0.2) is 14.6 Å². The zero-order chi connectivity index (χ0) is 18.2. The molecule has 0 fully saturated rings. The molecule has 0 aliphatic rings. The largest absolute Gasteiger partial charge is 0.462 e. The number of pyridine rings is 1. The monoisotopic (exact) mass is 362 g/mol. The van der Waals surface area contributed by atoms with E-state index in [9.17, 15) is 14.4 Å². The number of anilines is 1. The minimum Gasteiger partial charge on any atom is -0.462 e. The summed E-state index contributed by atoms with van der Waals surface area (Å²) in [7, 11) is 0. The highest BCUT2D eigenvalue weighted by molar-refractivity contribution is 6.32. The standard InChI is InChI=1S/C17H15ClN2O5/c1-2-24-16(22)11-5-7-12(8-6-11)20-14(21)10-25-17(23)13-4-3-9-19-15(13)18/h3-9H,2,10H2,1H3,(H,20,21). The second-order valence-corrected chi connectivity index (χ2v) is 5.12. The number of halogens is 1. The van der Waals surface area contributed by atoms with E-state index in [0.717, 1.165) is 0 Å². The molecule has 1 aromatic heterocycles. The average Bonchev–Trinajstić information content (AvgIpc) is 2.61. The van der Waals surface area contributed by atoms with Gasteiger partial charge in [0.05, 0.1) is 17.7 Å². The number of carbonyl (C=O) groups excluding carboxylic acids is 3. The molecule has 1 heterocycles. The van der Waals surface area contributed by atoms with Crippen LogP contribution in [0, 0.1) is 0 Å². The number of benzene rings is 1. The third-order valence-electron chi connectivity index (χ3n) is 2.99. The highest BCUT2D eigenvalue weighted by atomic mass is 35.5. The lowest BCUT2D eigenvalue weighted by atomic mass is 10.2. The van der Waals surface area contributed by atoms with E-state index in [1.807, 2.05) is 0 Å². The molecule has 0 saturated carbocycles. The van der Waals surface area contributed by atoms with Gasteiger partial charge in [-0.1, -0.05) is 11.6 Å². The molecule has 0 aliphatic carbocycles. The van der Waals surface area contributed by atoms with Crippen LogP contribution in [-0.4, -0.2) is 36.0 Å². The van der Waals surface area contributed by atoms with Gasteiger partial charge in [0.15, 0.2) is 6.61 Å². The Morgan fingerprint density at radius 2 is 1.80 bits per heavy atom. The molecule has 0 bridgehead atoms. The normalized spacial score (nSPS) is 10.0. The minimum absolute atomic E-state index is 0.00228. The van der Waals surface area contributed by atoms with Crippen LogP contribution in [0.5, 0.6) is 0 Å². The Balaban J connectivity index is 1.87. The van der Waals surface area contributed by atoms with Gasteiger partial charge in [0.2, 0.25) is 0 Å². The summed E-state index contributed by atoms with van der Waals surface area (Å²) in [4.78, 5) is 38.9. The highest BCUT2D eigenvalue weighted by Gasteiger charge is 2.14. The van der Waals surface area contributed by atoms with Crippen LogP contribution in [0.25, 0.3) is 0 Å². The van der Waals surface area contributed by atoms with Crippen LogP contribution in [0.2, 0.25) is 5.15 Å². The summed E-state index contributed by atoms with van der Waals surface area (Å²) in [6, 6.07) is 9.12. The molecule has 2 aromatic rings. The van der Waals surface area contributed by atoms with Crippen LogP contribution in [0.3, 0.4) is 0 Å². The fourth-order valence-electron chi connectivity index (χ4n) is 1.85. The van der Waals surface area contributed by atoms with Gasteiger partial charge >= 0.3 is 11.9 Å². The van der Waals surface area contributed by atoms with Gasteiger partial charge in [-0.2, -0.15) is 0 Å². The molecule has 0 atom stereocenters. The number of amides is 1. The SMILES string of the molecule is CCOC(=O)c1ccc(NC(=O)COC(=O)c2cccnc2Cl)cc1. The van der Waals surface area contributed by atoms with Crippen molar-refractivity contribution < 1.29 is 23.9 Å². The maximum Gasteiger partial charge on any atom is 0.341 e. The van der Waals surface area contributed by atoms with Crippen LogP contribution in [0.15, 0.2) is 42.6 Å². The first kappa shape index (κ1) is 18.4. The lowest BCUT2D eigenvalue weighted by Crippen LogP contribution is -2.21. The number of nitrogens with zero attached hydrogens (tertiary/aromatic N) is 1. The molecule has 1 amide bonds. The smallest absolute Gasteiger partial charge is 0.341 e. The van der Waals surface area contributed by atoms with Crippen LogP contribution in [0.4, 0.5) is 5.69 Å². The first-order chi connectivity index (χ1) is 12.0. The Kier molecular flexibility index (Phi) is 6.47. The zero-order valence-corrected chi connectivity index (χ0v) is 14.1. The fraction of sp³-hybridized carbons (Fsp3) is 0.176. The van der Waals surface area contributed by atoms with E-state index in [1.165, 1.54) is 30.5 Å². The summed E-state index contributed by atoms with van der Waals surface area (Å²) in [5.74, 6) is -1.72. The summed E-state index contributed by atoms with van der Waals surface area (Å²) < 4.78 is 9.75. The van der Waals surface area contributed by atoms with E-state index in [0.29, 0.717) is 11.3 Å². The first-order valence-corrected chi connectivity index (χ1v) is 7.73. The van der Waals surface area contributed by atoms with Crippen LogP contribution in [0.1, 0.15) is 27.6 Å². The molecule has 0 unspecified atom stereocenters. The Hall–Kier alpha value is -2.93. The number of hydrogen-bond acceptors (Lipinski definition) is 6. The van der Waals surface area contributed by atoms with Crippen molar-refractivity contribution in [2.24, 2.45) is 0 Å². The predicted molar refractivity (Wildman–Crippen MR) is 90.6 cm³/mol. The van der Waals surface area contributed by atoms with E-state index in [1.54, 1.807) is 19.1 Å². The van der Waals surface area contributed by atoms with Gasteiger partial charge < -0.3 is 14.8 Å². The summed E-state index contributed by atoms with van der Waals surface area (Å²) in [5.41, 5.74) is 0.904. The average molecular weight is 363 g/mol. The summed E-state index contributed by atoms with van der Waals surface area (Å²) in [6.07, 6.45) is 1.44. The Labute approximate surface area is 148 Å². The van der Waals surface area contributed by atoms with E-state index < -0.39 is 24.5 Å². The van der Waals surface area contributed by atoms with Crippen molar-refractivity contribution in [2.45, 2.75) is 6.92 Å². The fourth-order valence-corrected chi connectivity index (χ4v) is 2.04. The quantitative estimate of drug-likeness (QED) is 0.627. The van der Waals surface area contributed by atoms with Crippen molar-refractivity contribution in [2.75, 3.05) is 18.5 Å². The minimum atomic E-state index is -0.745. The molecular formula is C17H15ClN2O5. The van der Waals surface area contributed by atoms with Crippen molar-refractivity contribution in [1.29, 1.82) is 0 Å². The van der Waals surface area contributed by atoms with E-state index in [2.05, 4.69) is 10.3 Å². The second kappa shape index (κ2) is 8.79. The summed E-state index contributed by atoms with van der Waals surface area (Å²) >= 11 is 5.78. The Morgan fingerprint density at radius 3 is 2.44 bits per heavy atom. The number of hydrogen-bond donors (Lipinski definition) is 1. The van der Waals surface area contributed by atoms with E-state index in [-0.39, 0.29) is 17.3 Å². The third-order valence-corrected chi connectivity index (χ3v) is 3.29. The van der Waals surface area contributed by atoms with Crippen molar-refractivity contribution in [1.82, 2.24) is 4.98 Å². The number of rotatable bonds is 6. The van der Waals surface area contributed by atoms with Crippen LogP contribution in [-0.2, 0) is 14.3 Å². The second-order valence-electron chi connectivity index (χ2n) is 4.76. The van der Waals surface area contributed by atoms with Crippen LogP contribution < -0.4 is 5.32 Å². The Bertz CT molecular complexity index is 777. The maximum absolute atomic E-state index is 11.8. The van der Waals surface area contributed by atoms with Gasteiger partial charge in [0.25, 0.3) is 5.91 Å². The number of nitrogens with one attached hydrogen (secondary N) is 1. The molecule has 1 aromatic carbocycles. The predicted octanol–water partition coefficient (Wildman–Crippen LogP) is 2.71. The number of ether oxygens (including phenoxy) is 2. The number of carbonyl (C=O) groups is 3. The molecule has 8 heteroatoms. The number of aromatic nitrogens is 1.